The molecule has 0 bridgehead atoms. The lowest BCUT2D eigenvalue weighted by Crippen LogP contribution is -2.09. The average Bonchev–Trinajstić information content (AvgIpc) is 2.47. The van der Waals surface area contributed by atoms with E-state index in [0.29, 0.717) is 17.2 Å². The molecule has 3 heteroatoms. The summed E-state index contributed by atoms with van der Waals surface area (Å²) in [6.45, 7) is 4.39. The van der Waals surface area contributed by atoms with E-state index in [9.17, 15) is 8.42 Å². The molecule has 2 rings (SSSR count). The Morgan fingerprint density at radius 2 is 1.43 bits per heavy atom. The summed E-state index contributed by atoms with van der Waals surface area (Å²) in [5.74, 6) is 0.787. The number of sulfone groups is 1. The van der Waals surface area contributed by atoms with Crippen molar-refractivity contribution in [2.45, 2.75) is 31.6 Å². The third-order valence-electron chi connectivity index (χ3n) is 3.43. The Bertz CT molecular complexity index is 656. The first-order valence-electron chi connectivity index (χ1n) is 7.33. The molecule has 0 saturated carbocycles. The molecule has 0 aliphatic rings. The third kappa shape index (κ3) is 4.71. The van der Waals surface area contributed by atoms with E-state index in [4.69, 9.17) is 0 Å². The molecular weight excluding hydrogens is 280 g/mol. The molecule has 0 aromatic heterocycles. The van der Waals surface area contributed by atoms with Gasteiger partial charge in [0, 0.05) is 0 Å². The van der Waals surface area contributed by atoms with Crippen LogP contribution in [0.5, 0.6) is 0 Å². The Morgan fingerprint density at radius 1 is 0.857 bits per heavy atom. The van der Waals surface area contributed by atoms with E-state index in [1.165, 1.54) is 5.56 Å². The van der Waals surface area contributed by atoms with E-state index in [0.717, 1.165) is 12.0 Å². The van der Waals surface area contributed by atoms with Crippen LogP contribution in [-0.4, -0.2) is 14.2 Å². The Balaban J connectivity index is 2.00. The molecule has 0 unspecified atom stereocenters. The fourth-order valence-electron chi connectivity index (χ4n) is 2.31. The molecule has 2 aromatic carbocycles. The molecule has 0 atom stereocenters. The van der Waals surface area contributed by atoms with Crippen LogP contribution in [-0.2, 0) is 22.7 Å². The van der Waals surface area contributed by atoms with Gasteiger partial charge in [0.05, 0.1) is 10.6 Å². The third-order valence-corrected chi connectivity index (χ3v) is 5.16. The molecule has 2 aromatic rings. The minimum atomic E-state index is -3.19. The summed E-state index contributed by atoms with van der Waals surface area (Å²) in [6.07, 6.45) is 1.61. The summed E-state index contributed by atoms with van der Waals surface area (Å²) in [6, 6.07) is 16.9. The molecule has 0 N–H and O–H groups in total. The second-order valence-corrected chi connectivity index (χ2v) is 7.91. The van der Waals surface area contributed by atoms with Gasteiger partial charge in [-0.3, -0.25) is 0 Å². The molecule has 0 fully saturated rings. The van der Waals surface area contributed by atoms with Crippen molar-refractivity contribution in [1.29, 1.82) is 0 Å². The van der Waals surface area contributed by atoms with E-state index in [1.54, 1.807) is 24.3 Å². The highest BCUT2D eigenvalue weighted by Gasteiger charge is 2.13. The first-order valence-corrected chi connectivity index (χ1v) is 8.98. The molecular formula is C18H22O2S. The molecule has 0 saturated heterocycles. The summed E-state index contributed by atoms with van der Waals surface area (Å²) in [7, 11) is -3.19. The zero-order valence-electron chi connectivity index (χ0n) is 12.6. The van der Waals surface area contributed by atoms with E-state index in [2.05, 4.69) is 26.0 Å². The minimum Gasteiger partial charge on any atom is -0.224 e. The van der Waals surface area contributed by atoms with Crippen LogP contribution in [0.4, 0.5) is 0 Å². The first-order chi connectivity index (χ1) is 9.97. The van der Waals surface area contributed by atoms with Gasteiger partial charge in [0.15, 0.2) is 9.84 Å². The van der Waals surface area contributed by atoms with Crippen molar-refractivity contribution in [3.8, 4) is 0 Å². The van der Waals surface area contributed by atoms with Crippen molar-refractivity contribution >= 4 is 9.84 Å². The maximum absolute atomic E-state index is 12.2. The van der Waals surface area contributed by atoms with Crippen LogP contribution in [0.2, 0.25) is 0 Å². The quantitative estimate of drug-likeness (QED) is 0.811. The Kier molecular flexibility index (Phi) is 5.18. The van der Waals surface area contributed by atoms with E-state index in [-0.39, 0.29) is 5.75 Å². The predicted octanol–water partition coefficient (Wildman–Crippen LogP) is 3.90. The molecule has 0 heterocycles. The van der Waals surface area contributed by atoms with Gasteiger partial charge >= 0.3 is 0 Å². The standard InChI is InChI=1S/C18H22O2S/c1-15(2)14-17-10-8-16(9-11-17)12-13-21(19,20)18-6-4-3-5-7-18/h3-11,15H,12-14H2,1-2H3. The second kappa shape index (κ2) is 6.90. The lowest BCUT2D eigenvalue weighted by molar-refractivity contribution is 0.595. The van der Waals surface area contributed by atoms with Gasteiger partial charge in [-0.15, -0.1) is 0 Å². The van der Waals surface area contributed by atoms with Crippen LogP contribution in [0.1, 0.15) is 25.0 Å². The second-order valence-electron chi connectivity index (χ2n) is 5.80. The monoisotopic (exact) mass is 302 g/mol. The van der Waals surface area contributed by atoms with Crippen molar-refractivity contribution in [2.75, 3.05) is 5.75 Å². The highest BCUT2D eigenvalue weighted by molar-refractivity contribution is 7.91. The normalized spacial score (nSPS) is 11.8. The number of benzene rings is 2. The van der Waals surface area contributed by atoms with Gasteiger partial charge < -0.3 is 0 Å². The van der Waals surface area contributed by atoms with Crippen molar-refractivity contribution in [2.24, 2.45) is 5.92 Å². The number of aryl methyl sites for hydroxylation is 1. The molecule has 0 radical (unpaired) electrons. The number of rotatable bonds is 6. The van der Waals surface area contributed by atoms with Crippen molar-refractivity contribution in [1.82, 2.24) is 0 Å². The average molecular weight is 302 g/mol. The van der Waals surface area contributed by atoms with Crippen LogP contribution in [0.25, 0.3) is 0 Å². The summed E-state index contributed by atoms with van der Waals surface area (Å²) in [5.41, 5.74) is 2.38. The lowest BCUT2D eigenvalue weighted by atomic mass is 10.0. The number of hydrogen-bond acceptors (Lipinski definition) is 2. The summed E-state index contributed by atoms with van der Waals surface area (Å²) < 4.78 is 24.4. The summed E-state index contributed by atoms with van der Waals surface area (Å²) in [4.78, 5) is 0.404. The fourth-order valence-corrected chi connectivity index (χ4v) is 3.62. The molecule has 0 aliphatic carbocycles. The molecule has 21 heavy (non-hydrogen) atoms. The SMILES string of the molecule is CC(C)Cc1ccc(CCS(=O)(=O)c2ccccc2)cc1. The van der Waals surface area contributed by atoms with Gasteiger partial charge in [-0.1, -0.05) is 56.3 Å². The molecule has 0 spiro atoms. The van der Waals surface area contributed by atoms with Gasteiger partial charge in [-0.2, -0.15) is 0 Å². The van der Waals surface area contributed by atoms with Crippen LogP contribution in [0.3, 0.4) is 0 Å². The van der Waals surface area contributed by atoms with Crippen LogP contribution < -0.4 is 0 Å². The maximum atomic E-state index is 12.2. The Hall–Kier alpha value is -1.61. The molecule has 2 nitrogen and oxygen atoms in total. The highest BCUT2D eigenvalue weighted by Crippen LogP contribution is 2.14. The molecule has 0 amide bonds. The van der Waals surface area contributed by atoms with Crippen molar-refractivity contribution in [3.05, 3.63) is 65.7 Å². The van der Waals surface area contributed by atoms with Crippen molar-refractivity contribution in [3.63, 3.8) is 0 Å². The summed E-state index contributed by atoms with van der Waals surface area (Å²) in [5, 5.41) is 0. The largest absolute Gasteiger partial charge is 0.224 e. The molecule has 112 valence electrons. The highest BCUT2D eigenvalue weighted by atomic mass is 32.2. The Labute approximate surface area is 127 Å². The van der Waals surface area contributed by atoms with Crippen LogP contribution in [0, 0.1) is 5.92 Å². The summed E-state index contributed by atoms with van der Waals surface area (Å²) >= 11 is 0. The van der Waals surface area contributed by atoms with Crippen LogP contribution >= 0.6 is 0 Å². The van der Waals surface area contributed by atoms with Gasteiger partial charge in [0.2, 0.25) is 0 Å². The van der Waals surface area contributed by atoms with Crippen LogP contribution in [0.15, 0.2) is 59.5 Å². The van der Waals surface area contributed by atoms with Crippen molar-refractivity contribution < 1.29 is 8.42 Å². The van der Waals surface area contributed by atoms with E-state index >= 15 is 0 Å². The maximum Gasteiger partial charge on any atom is 0.178 e. The minimum absolute atomic E-state index is 0.153. The topological polar surface area (TPSA) is 34.1 Å². The van der Waals surface area contributed by atoms with E-state index in [1.807, 2.05) is 18.2 Å². The number of hydrogen-bond donors (Lipinski definition) is 0. The van der Waals surface area contributed by atoms with Gasteiger partial charge in [-0.05, 0) is 42.0 Å². The molecule has 0 aliphatic heterocycles. The fraction of sp³-hybridized carbons (Fsp3) is 0.333. The van der Waals surface area contributed by atoms with E-state index < -0.39 is 9.84 Å². The smallest absolute Gasteiger partial charge is 0.178 e. The van der Waals surface area contributed by atoms with Gasteiger partial charge in [0.25, 0.3) is 0 Å². The Morgan fingerprint density at radius 3 is 2.00 bits per heavy atom. The zero-order valence-corrected chi connectivity index (χ0v) is 13.4. The predicted molar refractivity (Wildman–Crippen MR) is 87.2 cm³/mol. The lowest BCUT2D eigenvalue weighted by Gasteiger charge is -2.07. The van der Waals surface area contributed by atoms with Gasteiger partial charge in [0.1, 0.15) is 0 Å². The zero-order chi connectivity index (χ0) is 15.3. The first kappa shape index (κ1) is 15.8. The van der Waals surface area contributed by atoms with Gasteiger partial charge in [-0.25, -0.2) is 8.42 Å².